The van der Waals surface area contributed by atoms with E-state index in [0.717, 1.165) is 49.6 Å². The Labute approximate surface area is 208 Å². The Morgan fingerprint density at radius 3 is 2.57 bits per heavy atom. The molecule has 0 unspecified atom stereocenters. The smallest absolute Gasteiger partial charge is 0.248 e. The highest BCUT2D eigenvalue weighted by Gasteiger charge is 2.16. The maximum absolute atomic E-state index is 12.8. The van der Waals surface area contributed by atoms with E-state index < -0.39 is 0 Å². The van der Waals surface area contributed by atoms with Crippen LogP contribution in [-0.4, -0.2) is 13.0 Å². The van der Waals surface area contributed by atoms with E-state index in [1.54, 1.807) is 25.5 Å². The molecule has 0 aliphatic carbocycles. The maximum Gasteiger partial charge on any atom is 0.248 e. The lowest BCUT2D eigenvalue weighted by Gasteiger charge is -2.11. The number of nitrogens with one attached hydrogen (secondary N) is 1. The zero-order chi connectivity index (χ0) is 24.5. The molecule has 4 aromatic carbocycles. The number of anilines is 1. The Kier molecular flexibility index (Phi) is 6.06. The van der Waals surface area contributed by atoms with Gasteiger partial charge in [0.1, 0.15) is 11.3 Å². The van der Waals surface area contributed by atoms with Crippen molar-refractivity contribution in [3.8, 4) is 16.9 Å². The summed E-state index contributed by atoms with van der Waals surface area (Å²) in [7, 11) is 1.61. The van der Waals surface area contributed by atoms with Crippen LogP contribution in [0.4, 0.5) is 5.69 Å². The maximum atomic E-state index is 12.8. The van der Waals surface area contributed by atoms with Crippen LogP contribution in [0.5, 0.6) is 5.75 Å². The third kappa shape index (κ3) is 4.29. The Hall–Kier alpha value is -4.02. The predicted octanol–water partition coefficient (Wildman–Crippen LogP) is 8.27. The monoisotopic (exact) mass is 481 g/mol. The molecule has 1 aromatic heterocycles. The first-order valence-electron chi connectivity index (χ1n) is 11.3. The quantitative estimate of drug-likeness (QED) is 0.257. The van der Waals surface area contributed by atoms with Crippen molar-refractivity contribution >= 4 is 50.5 Å². The van der Waals surface area contributed by atoms with Gasteiger partial charge >= 0.3 is 0 Å². The van der Waals surface area contributed by atoms with Gasteiger partial charge in [0.05, 0.1) is 13.4 Å². The molecule has 174 valence electrons. The van der Waals surface area contributed by atoms with E-state index in [1.807, 2.05) is 56.3 Å². The standard InChI is InChI=1S/C30H24ClNO3/c1-18(14-30(33)32-27-13-7-12-26(31)19(27)2)23-15-24-25(17-35-29(24)16-28(23)34-3)22-11-6-9-20-8-4-5-10-21(20)22/h4-17H,1-3H3,(H,32,33)/b18-14+. The van der Waals surface area contributed by atoms with E-state index in [1.165, 1.54) is 0 Å². The van der Waals surface area contributed by atoms with Gasteiger partial charge in [-0.15, -0.1) is 0 Å². The minimum absolute atomic E-state index is 0.239. The van der Waals surface area contributed by atoms with Gasteiger partial charge in [0.2, 0.25) is 5.91 Å². The highest BCUT2D eigenvalue weighted by Crippen LogP contribution is 2.39. The van der Waals surface area contributed by atoms with Crippen LogP contribution in [0.3, 0.4) is 0 Å². The molecule has 0 saturated heterocycles. The van der Waals surface area contributed by atoms with E-state index >= 15 is 0 Å². The van der Waals surface area contributed by atoms with Crippen LogP contribution < -0.4 is 10.1 Å². The molecule has 0 saturated carbocycles. The average molecular weight is 482 g/mol. The fourth-order valence-corrected chi connectivity index (χ4v) is 4.56. The second kappa shape index (κ2) is 9.32. The van der Waals surface area contributed by atoms with Gasteiger partial charge in [-0.1, -0.05) is 60.1 Å². The highest BCUT2D eigenvalue weighted by atomic mass is 35.5. The molecule has 0 bridgehead atoms. The molecule has 0 aliphatic heterocycles. The van der Waals surface area contributed by atoms with Gasteiger partial charge in [0, 0.05) is 39.4 Å². The van der Waals surface area contributed by atoms with Crippen LogP contribution in [0.2, 0.25) is 5.02 Å². The molecule has 1 heterocycles. The van der Waals surface area contributed by atoms with Crippen molar-refractivity contribution in [2.24, 2.45) is 0 Å². The number of hydrogen-bond donors (Lipinski definition) is 1. The topological polar surface area (TPSA) is 51.5 Å². The predicted molar refractivity (Wildman–Crippen MR) is 144 cm³/mol. The normalized spacial score (nSPS) is 11.7. The largest absolute Gasteiger partial charge is 0.496 e. The third-order valence-corrected chi connectivity index (χ3v) is 6.68. The summed E-state index contributed by atoms with van der Waals surface area (Å²) in [4.78, 5) is 12.8. The Bertz CT molecular complexity index is 1610. The van der Waals surface area contributed by atoms with Gasteiger partial charge < -0.3 is 14.5 Å². The lowest BCUT2D eigenvalue weighted by molar-refractivity contribution is -0.111. The second-order valence-electron chi connectivity index (χ2n) is 8.45. The summed E-state index contributed by atoms with van der Waals surface area (Å²) < 4.78 is 11.6. The summed E-state index contributed by atoms with van der Waals surface area (Å²) in [5.41, 5.74) is 5.90. The van der Waals surface area contributed by atoms with Gasteiger partial charge in [-0.05, 0) is 59.5 Å². The highest BCUT2D eigenvalue weighted by molar-refractivity contribution is 6.31. The minimum atomic E-state index is -0.239. The molecule has 0 fully saturated rings. The molecule has 4 nitrogen and oxygen atoms in total. The fourth-order valence-electron chi connectivity index (χ4n) is 4.39. The Balaban J connectivity index is 1.57. The number of methoxy groups -OCH3 is 1. The summed E-state index contributed by atoms with van der Waals surface area (Å²) in [6, 6.07) is 23.9. The zero-order valence-corrected chi connectivity index (χ0v) is 20.4. The van der Waals surface area contributed by atoms with Crippen molar-refractivity contribution in [3.05, 3.63) is 101 Å². The number of carbonyl (C=O) groups excluding carboxylic acids is 1. The van der Waals surface area contributed by atoms with Gasteiger partial charge in [0.15, 0.2) is 0 Å². The van der Waals surface area contributed by atoms with Crippen LogP contribution >= 0.6 is 11.6 Å². The fraction of sp³-hybridized carbons (Fsp3) is 0.100. The molecule has 0 atom stereocenters. The van der Waals surface area contributed by atoms with Crippen molar-refractivity contribution < 1.29 is 13.9 Å². The summed E-state index contributed by atoms with van der Waals surface area (Å²) in [6.45, 7) is 3.77. The number of halogens is 1. The molecule has 35 heavy (non-hydrogen) atoms. The minimum Gasteiger partial charge on any atom is -0.496 e. The van der Waals surface area contributed by atoms with Crippen molar-refractivity contribution in [1.82, 2.24) is 0 Å². The number of furan rings is 1. The molecule has 0 radical (unpaired) electrons. The number of rotatable bonds is 5. The van der Waals surface area contributed by atoms with Crippen LogP contribution in [-0.2, 0) is 4.79 Å². The SMILES string of the molecule is COc1cc2occ(-c3cccc4ccccc34)c2cc1/C(C)=C/C(=O)Nc1cccc(Cl)c1C. The van der Waals surface area contributed by atoms with E-state index in [0.29, 0.717) is 16.5 Å². The van der Waals surface area contributed by atoms with E-state index in [9.17, 15) is 4.79 Å². The summed E-state index contributed by atoms with van der Waals surface area (Å²) in [5, 5.41) is 6.80. The number of allylic oxidation sites excluding steroid dienone is 1. The number of benzene rings is 4. The van der Waals surface area contributed by atoms with Crippen molar-refractivity contribution in [2.75, 3.05) is 12.4 Å². The number of carbonyl (C=O) groups is 1. The molecular weight excluding hydrogens is 458 g/mol. The average Bonchev–Trinajstić information content (AvgIpc) is 3.28. The first kappa shape index (κ1) is 22.8. The summed E-state index contributed by atoms with van der Waals surface area (Å²) in [6.07, 6.45) is 3.35. The van der Waals surface area contributed by atoms with E-state index in [4.69, 9.17) is 20.8 Å². The van der Waals surface area contributed by atoms with Crippen LogP contribution in [0.25, 0.3) is 38.4 Å². The van der Waals surface area contributed by atoms with E-state index in [2.05, 4.69) is 29.6 Å². The molecule has 1 N–H and O–H groups in total. The molecule has 5 aromatic rings. The molecule has 1 amide bonds. The first-order valence-corrected chi connectivity index (χ1v) is 11.7. The van der Waals surface area contributed by atoms with Gasteiger partial charge in [-0.3, -0.25) is 4.79 Å². The van der Waals surface area contributed by atoms with Crippen LogP contribution in [0.15, 0.2) is 89.6 Å². The Morgan fingerprint density at radius 1 is 0.971 bits per heavy atom. The lowest BCUT2D eigenvalue weighted by atomic mass is 9.96. The van der Waals surface area contributed by atoms with Crippen molar-refractivity contribution in [1.29, 1.82) is 0 Å². The second-order valence-corrected chi connectivity index (χ2v) is 8.86. The molecule has 5 rings (SSSR count). The molecule has 0 spiro atoms. The molecular formula is C30H24ClNO3. The van der Waals surface area contributed by atoms with Gasteiger partial charge in [-0.25, -0.2) is 0 Å². The van der Waals surface area contributed by atoms with Crippen molar-refractivity contribution in [3.63, 3.8) is 0 Å². The summed E-state index contributed by atoms with van der Waals surface area (Å²) in [5.74, 6) is 0.397. The number of ether oxygens (including phenoxy) is 1. The van der Waals surface area contributed by atoms with E-state index in [-0.39, 0.29) is 5.91 Å². The van der Waals surface area contributed by atoms with Gasteiger partial charge in [0.25, 0.3) is 0 Å². The van der Waals surface area contributed by atoms with Crippen LogP contribution in [0.1, 0.15) is 18.1 Å². The zero-order valence-electron chi connectivity index (χ0n) is 19.7. The van der Waals surface area contributed by atoms with Crippen LogP contribution in [0, 0.1) is 6.92 Å². The summed E-state index contributed by atoms with van der Waals surface area (Å²) >= 11 is 6.19. The van der Waals surface area contributed by atoms with Crippen molar-refractivity contribution in [2.45, 2.75) is 13.8 Å². The Morgan fingerprint density at radius 2 is 1.74 bits per heavy atom. The third-order valence-electron chi connectivity index (χ3n) is 6.27. The number of amides is 1. The molecule has 0 aliphatic rings. The first-order chi connectivity index (χ1) is 17.0. The number of hydrogen-bond acceptors (Lipinski definition) is 3. The number of fused-ring (bicyclic) bond motifs is 2. The van der Waals surface area contributed by atoms with Gasteiger partial charge in [-0.2, -0.15) is 0 Å². The molecule has 5 heteroatoms. The lowest BCUT2D eigenvalue weighted by Crippen LogP contribution is -2.10.